The molecule has 0 aromatic carbocycles. The first-order valence-electron chi connectivity index (χ1n) is 11.6. The van der Waals surface area contributed by atoms with Crippen LogP contribution in [0.25, 0.3) is 0 Å². The van der Waals surface area contributed by atoms with Gasteiger partial charge in [-0.05, 0) is 50.5 Å². The fourth-order valence-corrected chi connectivity index (χ4v) is 3.11. The number of carbonyl (C=O) groups excluding carboxylic acids is 3. The number of rotatable bonds is 17. The summed E-state index contributed by atoms with van der Waals surface area (Å²) in [6, 6.07) is -4.35. The fraction of sp³-hybridized carbons (Fsp3) is 0.773. The van der Waals surface area contributed by atoms with E-state index in [0.717, 1.165) is 0 Å². The largest absolute Gasteiger partial charge is 0.481 e. The van der Waals surface area contributed by atoms with E-state index in [4.69, 9.17) is 16.6 Å². The third-order valence-corrected chi connectivity index (χ3v) is 5.20. The molecule has 0 aliphatic rings. The number of carboxylic acid groups (broad SMARTS) is 2. The average molecular weight is 488 g/mol. The van der Waals surface area contributed by atoms with E-state index in [1.165, 1.54) is 0 Å². The molecule has 3 amide bonds. The van der Waals surface area contributed by atoms with E-state index in [0.29, 0.717) is 19.4 Å². The summed E-state index contributed by atoms with van der Waals surface area (Å²) in [5.41, 5.74) is 11.3. The number of carbonyl (C=O) groups is 5. The van der Waals surface area contributed by atoms with Crippen molar-refractivity contribution in [3.8, 4) is 0 Å². The number of nitrogens with one attached hydrogen (secondary N) is 3. The second-order valence-corrected chi connectivity index (χ2v) is 9.14. The van der Waals surface area contributed by atoms with Crippen LogP contribution in [0.3, 0.4) is 0 Å². The van der Waals surface area contributed by atoms with Gasteiger partial charge in [-0.15, -0.1) is 0 Å². The minimum Gasteiger partial charge on any atom is -0.481 e. The van der Waals surface area contributed by atoms with Crippen LogP contribution in [0.4, 0.5) is 0 Å². The summed E-state index contributed by atoms with van der Waals surface area (Å²) in [6.45, 7) is 7.60. The lowest BCUT2D eigenvalue weighted by molar-refractivity contribution is -0.143. The molecule has 4 atom stereocenters. The van der Waals surface area contributed by atoms with Crippen molar-refractivity contribution in [2.75, 3.05) is 6.54 Å². The number of nitrogens with two attached hydrogens (primary N) is 2. The van der Waals surface area contributed by atoms with Gasteiger partial charge in [-0.3, -0.25) is 19.2 Å². The molecule has 0 aliphatic carbocycles. The van der Waals surface area contributed by atoms with Crippen molar-refractivity contribution in [3.63, 3.8) is 0 Å². The molecule has 0 rings (SSSR count). The normalized spacial score (nSPS) is 14.7. The van der Waals surface area contributed by atoms with Gasteiger partial charge in [0.2, 0.25) is 17.7 Å². The molecule has 0 radical (unpaired) electrons. The molecule has 0 bridgehead atoms. The molecule has 0 aromatic heterocycles. The van der Waals surface area contributed by atoms with Crippen LogP contribution in [-0.4, -0.2) is 70.6 Å². The quantitative estimate of drug-likeness (QED) is 0.132. The van der Waals surface area contributed by atoms with Crippen LogP contribution in [0, 0.1) is 11.8 Å². The third-order valence-electron chi connectivity index (χ3n) is 5.20. The van der Waals surface area contributed by atoms with Crippen molar-refractivity contribution < 1.29 is 34.2 Å². The first-order chi connectivity index (χ1) is 15.8. The first kappa shape index (κ1) is 31.3. The van der Waals surface area contributed by atoms with Crippen LogP contribution in [0.2, 0.25) is 0 Å². The Morgan fingerprint density at radius 3 is 1.76 bits per heavy atom. The Morgan fingerprint density at radius 1 is 0.765 bits per heavy atom. The standard InChI is InChI=1S/C22H41N5O7/c1-12(2)11-16(27-21(32)18(24)13(3)4)20(31)25-14(8-9-17(28)29)19(30)26-15(22(33)34)7-5-6-10-23/h12-16,18H,5-11,23-24H2,1-4H3,(H,25,31)(H,26,30)(H,27,32)(H,28,29)(H,33,34). The zero-order chi connectivity index (χ0) is 26.4. The molecule has 0 fully saturated rings. The van der Waals surface area contributed by atoms with Gasteiger partial charge in [0.15, 0.2) is 0 Å². The third kappa shape index (κ3) is 12.5. The molecule has 12 nitrogen and oxygen atoms in total. The monoisotopic (exact) mass is 487 g/mol. The maximum Gasteiger partial charge on any atom is 0.326 e. The predicted molar refractivity (Wildman–Crippen MR) is 125 cm³/mol. The number of hydrogen-bond acceptors (Lipinski definition) is 7. The molecule has 12 heteroatoms. The van der Waals surface area contributed by atoms with Crippen molar-refractivity contribution in [1.82, 2.24) is 16.0 Å². The van der Waals surface area contributed by atoms with E-state index in [9.17, 15) is 29.1 Å². The van der Waals surface area contributed by atoms with Crippen molar-refractivity contribution in [2.24, 2.45) is 23.3 Å². The Morgan fingerprint density at radius 2 is 1.29 bits per heavy atom. The second-order valence-electron chi connectivity index (χ2n) is 9.14. The molecule has 0 aromatic rings. The van der Waals surface area contributed by atoms with Crippen LogP contribution in [0.1, 0.15) is 66.2 Å². The van der Waals surface area contributed by atoms with Crippen molar-refractivity contribution in [1.29, 1.82) is 0 Å². The van der Waals surface area contributed by atoms with E-state index >= 15 is 0 Å². The molecular weight excluding hydrogens is 446 g/mol. The molecule has 0 spiro atoms. The highest BCUT2D eigenvalue weighted by Crippen LogP contribution is 2.09. The van der Waals surface area contributed by atoms with Gasteiger partial charge < -0.3 is 37.6 Å². The number of unbranched alkanes of at least 4 members (excludes halogenated alkanes) is 1. The summed E-state index contributed by atoms with van der Waals surface area (Å²) in [7, 11) is 0. The van der Waals surface area contributed by atoms with Crippen LogP contribution in [-0.2, 0) is 24.0 Å². The number of carboxylic acids is 2. The Labute approximate surface area is 200 Å². The zero-order valence-electron chi connectivity index (χ0n) is 20.5. The van der Waals surface area contributed by atoms with Crippen molar-refractivity contribution >= 4 is 29.7 Å². The van der Waals surface area contributed by atoms with Crippen LogP contribution < -0.4 is 27.4 Å². The van der Waals surface area contributed by atoms with Crippen LogP contribution >= 0.6 is 0 Å². The lowest BCUT2D eigenvalue weighted by atomic mass is 10.00. The molecular formula is C22H41N5O7. The highest BCUT2D eigenvalue weighted by molar-refractivity contribution is 5.94. The van der Waals surface area contributed by atoms with Gasteiger partial charge in [0.25, 0.3) is 0 Å². The molecule has 0 heterocycles. The van der Waals surface area contributed by atoms with Gasteiger partial charge in [-0.25, -0.2) is 4.79 Å². The Hall–Kier alpha value is -2.73. The summed E-state index contributed by atoms with van der Waals surface area (Å²) >= 11 is 0. The zero-order valence-corrected chi connectivity index (χ0v) is 20.5. The SMILES string of the molecule is CC(C)CC(NC(=O)C(N)C(C)C)C(=O)NC(CCC(=O)O)C(=O)NC(CCCCN)C(=O)O. The lowest BCUT2D eigenvalue weighted by Crippen LogP contribution is -2.57. The average Bonchev–Trinajstić information content (AvgIpc) is 2.73. The molecule has 196 valence electrons. The summed E-state index contributed by atoms with van der Waals surface area (Å²) in [5, 5.41) is 25.9. The highest BCUT2D eigenvalue weighted by atomic mass is 16.4. The van der Waals surface area contributed by atoms with E-state index in [-0.39, 0.29) is 31.1 Å². The summed E-state index contributed by atoms with van der Waals surface area (Å²) in [5.74, 6) is -4.60. The van der Waals surface area contributed by atoms with Crippen LogP contribution in [0.15, 0.2) is 0 Å². The first-order valence-corrected chi connectivity index (χ1v) is 11.6. The highest BCUT2D eigenvalue weighted by Gasteiger charge is 2.31. The number of aliphatic carboxylic acids is 2. The van der Waals surface area contributed by atoms with E-state index in [1.807, 2.05) is 13.8 Å². The van der Waals surface area contributed by atoms with Gasteiger partial charge in [-0.1, -0.05) is 27.7 Å². The Kier molecular flexibility index (Phi) is 14.7. The maximum absolute atomic E-state index is 13.0. The second kappa shape index (κ2) is 16.0. The minimum absolute atomic E-state index is 0.0107. The molecule has 0 saturated carbocycles. The molecule has 4 unspecified atom stereocenters. The van der Waals surface area contributed by atoms with Gasteiger partial charge in [0.1, 0.15) is 18.1 Å². The fourth-order valence-electron chi connectivity index (χ4n) is 3.11. The summed E-state index contributed by atoms with van der Waals surface area (Å²) in [6.07, 6.45) is 0.758. The van der Waals surface area contributed by atoms with Gasteiger partial charge >= 0.3 is 11.9 Å². The maximum atomic E-state index is 13.0. The Balaban J connectivity index is 5.53. The van der Waals surface area contributed by atoms with Crippen molar-refractivity contribution in [2.45, 2.75) is 90.4 Å². The van der Waals surface area contributed by atoms with E-state index < -0.39 is 60.2 Å². The molecule has 34 heavy (non-hydrogen) atoms. The van der Waals surface area contributed by atoms with Gasteiger partial charge in [0.05, 0.1) is 6.04 Å². The van der Waals surface area contributed by atoms with E-state index in [2.05, 4.69) is 16.0 Å². The summed E-state index contributed by atoms with van der Waals surface area (Å²) in [4.78, 5) is 60.8. The summed E-state index contributed by atoms with van der Waals surface area (Å²) < 4.78 is 0. The smallest absolute Gasteiger partial charge is 0.326 e. The minimum atomic E-state index is -1.30. The number of amides is 3. The van der Waals surface area contributed by atoms with Crippen LogP contribution in [0.5, 0.6) is 0 Å². The van der Waals surface area contributed by atoms with Gasteiger partial charge in [0, 0.05) is 6.42 Å². The van der Waals surface area contributed by atoms with Gasteiger partial charge in [-0.2, -0.15) is 0 Å². The van der Waals surface area contributed by atoms with E-state index in [1.54, 1.807) is 13.8 Å². The molecule has 9 N–H and O–H groups in total. The number of hydrogen-bond donors (Lipinski definition) is 7. The predicted octanol–water partition coefficient (Wildman–Crippen LogP) is -0.451. The topological polar surface area (TPSA) is 214 Å². The van der Waals surface area contributed by atoms with Crippen molar-refractivity contribution in [3.05, 3.63) is 0 Å². The Bertz CT molecular complexity index is 699. The lowest BCUT2D eigenvalue weighted by Gasteiger charge is -2.26. The molecule has 0 aliphatic heterocycles. The molecule has 0 saturated heterocycles.